The Balaban J connectivity index is 1.58. The largest absolute Gasteiger partial charge is 0.488 e. The van der Waals surface area contributed by atoms with E-state index in [1.807, 2.05) is 54.6 Å². The maximum atomic E-state index is 13.1. The van der Waals surface area contributed by atoms with Crippen LogP contribution in [-0.4, -0.2) is 20.0 Å². The number of nitrogens with zero attached hydrogens (tertiary/aromatic N) is 2. The van der Waals surface area contributed by atoms with Crippen LogP contribution in [0.2, 0.25) is 0 Å². The highest BCUT2D eigenvalue weighted by Gasteiger charge is 2.29. The number of sulfonamides is 1. The Hall–Kier alpha value is -3.75. The highest BCUT2D eigenvalue weighted by atomic mass is 32.2. The van der Waals surface area contributed by atoms with Crippen molar-refractivity contribution in [1.82, 2.24) is 0 Å². The van der Waals surface area contributed by atoms with E-state index in [4.69, 9.17) is 9.88 Å². The quantitative estimate of drug-likeness (QED) is 0.582. The normalized spacial score (nSPS) is 15.2. The molecule has 0 unspecified atom stereocenters. The number of rotatable bonds is 6. The summed E-state index contributed by atoms with van der Waals surface area (Å²) in [5.74, 6) is 0.337. The minimum absolute atomic E-state index is 0.0335. The highest BCUT2D eigenvalue weighted by molar-refractivity contribution is 7.89. The molecule has 32 heavy (non-hydrogen) atoms. The zero-order chi connectivity index (χ0) is 22.7. The van der Waals surface area contributed by atoms with Crippen LogP contribution in [-0.2, 0) is 21.4 Å². The Morgan fingerprint density at radius 3 is 2.31 bits per heavy atom. The third-order valence-electron chi connectivity index (χ3n) is 4.93. The van der Waals surface area contributed by atoms with Crippen molar-refractivity contribution in [3.8, 4) is 5.75 Å². The van der Waals surface area contributed by atoms with Gasteiger partial charge in [-0.3, -0.25) is 4.79 Å². The van der Waals surface area contributed by atoms with Crippen LogP contribution < -0.4 is 14.9 Å². The van der Waals surface area contributed by atoms with Gasteiger partial charge in [-0.05, 0) is 48.9 Å². The van der Waals surface area contributed by atoms with Crippen molar-refractivity contribution in [1.29, 1.82) is 0 Å². The maximum Gasteiger partial charge on any atom is 0.280 e. The standard InChI is InChI=1S/C24H21N3O4S/c1-17-22(24(28)27(26-17)20-11-13-21(14-12-20)32(25,29)30)15-19-9-5-6-10-23(19)31-16-18-7-3-2-4-8-18/h2-15H,16H2,1H3,(H2,25,29,30). The third-order valence-corrected chi connectivity index (χ3v) is 5.86. The lowest BCUT2D eigenvalue weighted by molar-refractivity contribution is -0.114. The molecule has 0 aliphatic carbocycles. The zero-order valence-electron chi connectivity index (χ0n) is 17.3. The Kier molecular flexibility index (Phi) is 5.89. The molecule has 1 aliphatic heterocycles. The van der Waals surface area contributed by atoms with E-state index >= 15 is 0 Å². The fourth-order valence-electron chi connectivity index (χ4n) is 3.26. The third kappa shape index (κ3) is 4.61. The summed E-state index contributed by atoms with van der Waals surface area (Å²) in [5.41, 5.74) is 3.21. The molecule has 0 atom stereocenters. The number of hydrazone groups is 1. The monoisotopic (exact) mass is 447 g/mol. The second-order valence-corrected chi connectivity index (χ2v) is 8.77. The van der Waals surface area contributed by atoms with E-state index in [-0.39, 0.29) is 10.8 Å². The van der Waals surface area contributed by atoms with Gasteiger partial charge in [0.1, 0.15) is 12.4 Å². The predicted octanol–water partition coefficient (Wildman–Crippen LogP) is 3.72. The van der Waals surface area contributed by atoms with Crippen molar-refractivity contribution < 1.29 is 17.9 Å². The number of anilines is 1. The van der Waals surface area contributed by atoms with Gasteiger partial charge in [-0.2, -0.15) is 10.1 Å². The smallest absolute Gasteiger partial charge is 0.280 e. The lowest BCUT2D eigenvalue weighted by atomic mass is 10.1. The lowest BCUT2D eigenvalue weighted by Crippen LogP contribution is -2.21. The first-order chi connectivity index (χ1) is 15.3. The van der Waals surface area contributed by atoms with E-state index in [0.29, 0.717) is 29.3 Å². The van der Waals surface area contributed by atoms with Gasteiger partial charge in [0.25, 0.3) is 5.91 Å². The van der Waals surface area contributed by atoms with Crippen LogP contribution in [0.15, 0.2) is 94.4 Å². The van der Waals surface area contributed by atoms with E-state index in [2.05, 4.69) is 5.10 Å². The molecule has 1 aliphatic rings. The number of carbonyl (C=O) groups is 1. The minimum Gasteiger partial charge on any atom is -0.488 e. The number of amides is 1. The summed E-state index contributed by atoms with van der Waals surface area (Å²) >= 11 is 0. The summed E-state index contributed by atoms with van der Waals surface area (Å²) in [6.07, 6.45) is 1.75. The van der Waals surface area contributed by atoms with Crippen LogP contribution in [0.5, 0.6) is 5.75 Å². The molecule has 0 bridgehead atoms. The van der Waals surface area contributed by atoms with E-state index in [1.54, 1.807) is 13.0 Å². The van der Waals surface area contributed by atoms with Crippen molar-refractivity contribution in [3.63, 3.8) is 0 Å². The van der Waals surface area contributed by atoms with Gasteiger partial charge in [0.15, 0.2) is 0 Å². The summed E-state index contributed by atoms with van der Waals surface area (Å²) in [5, 5.41) is 10.7. The molecule has 0 saturated carbocycles. The molecular formula is C24H21N3O4S. The van der Waals surface area contributed by atoms with Gasteiger partial charge in [0.05, 0.1) is 21.9 Å². The summed E-state index contributed by atoms with van der Waals surface area (Å²) in [6.45, 7) is 2.15. The molecule has 4 rings (SSSR count). The van der Waals surface area contributed by atoms with Gasteiger partial charge in [-0.15, -0.1) is 0 Å². The summed E-state index contributed by atoms with van der Waals surface area (Å²) < 4.78 is 28.9. The van der Waals surface area contributed by atoms with Crippen molar-refractivity contribution in [3.05, 3.63) is 95.6 Å². The van der Waals surface area contributed by atoms with Gasteiger partial charge in [-0.1, -0.05) is 48.5 Å². The summed E-state index contributed by atoms with van der Waals surface area (Å²) in [4.78, 5) is 13.0. The second-order valence-electron chi connectivity index (χ2n) is 7.21. The van der Waals surface area contributed by atoms with Crippen LogP contribution >= 0.6 is 0 Å². The Morgan fingerprint density at radius 1 is 0.969 bits per heavy atom. The minimum atomic E-state index is -3.81. The summed E-state index contributed by atoms with van der Waals surface area (Å²) in [6, 6.07) is 23.0. The molecule has 1 amide bonds. The number of primary sulfonamides is 1. The molecule has 0 radical (unpaired) electrons. The number of para-hydroxylation sites is 1. The number of hydrogen-bond donors (Lipinski definition) is 1. The number of carbonyl (C=O) groups excluding carboxylic acids is 1. The Morgan fingerprint density at radius 2 is 1.62 bits per heavy atom. The fraction of sp³-hybridized carbons (Fsp3) is 0.0833. The van der Waals surface area contributed by atoms with Crippen molar-refractivity contribution in [2.75, 3.05) is 5.01 Å². The molecular weight excluding hydrogens is 426 g/mol. The number of ether oxygens (including phenoxy) is 1. The molecule has 3 aromatic rings. The van der Waals surface area contributed by atoms with Crippen LogP contribution in [0.1, 0.15) is 18.1 Å². The van der Waals surface area contributed by atoms with E-state index in [9.17, 15) is 13.2 Å². The maximum absolute atomic E-state index is 13.1. The molecule has 0 saturated heterocycles. The van der Waals surface area contributed by atoms with Gasteiger partial charge in [0, 0.05) is 5.56 Å². The van der Waals surface area contributed by atoms with Crippen LogP contribution in [0.4, 0.5) is 5.69 Å². The van der Waals surface area contributed by atoms with Crippen LogP contribution in [0.25, 0.3) is 6.08 Å². The molecule has 1 heterocycles. The number of benzene rings is 3. The van der Waals surface area contributed by atoms with Crippen LogP contribution in [0, 0.1) is 0 Å². The SMILES string of the molecule is CC1=NN(c2ccc(S(N)(=O)=O)cc2)C(=O)C1=Cc1ccccc1OCc1ccccc1. The zero-order valence-corrected chi connectivity index (χ0v) is 18.1. The van der Waals surface area contributed by atoms with E-state index < -0.39 is 10.0 Å². The predicted molar refractivity (Wildman–Crippen MR) is 124 cm³/mol. The lowest BCUT2D eigenvalue weighted by Gasteiger charge is -2.12. The number of hydrogen-bond acceptors (Lipinski definition) is 5. The van der Waals surface area contributed by atoms with Crippen molar-refractivity contribution in [2.24, 2.45) is 10.2 Å². The molecule has 0 aromatic heterocycles. The van der Waals surface area contributed by atoms with Gasteiger partial charge in [0.2, 0.25) is 10.0 Å². The van der Waals surface area contributed by atoms with Crippen LogP contribution in [0.3, 0.4) is 0 Å². The molecule has 162 valence electrons. The first kappa shape index (κ1) is 21.5. The summed E-state index contributed by atoms with van der Waals surface area (Å²) in [7, 11) is -3.81. The van der Waals surface area contributed by atoms with Gasteiger partial charge in [-0.25, -0.2) is 13.6 Å². The molecule has 2 N–H and O–H groups in total. The molecule has 0 spiro atoms. The highest BCUT2D eigenvalue weighted by Crippen LogP contribution is 2.28. The fourth-order valence-corrected chi connectivity index (χ4v) is 3.77. The second kappa shape index (κ2) is 8.78. The average molecular weight is 448 g/mol. The molecule has 7 nitrogen and oxygen atoms in total. The average Bonchev–Trinajstić information content (AvgIpc) is 3.07. The topological polar surface area (TPSA) is 102 Å². The molecule has 8 heteroatoms. The van der Waals surface area contributed by atoms with Gasteiger partial charge < -0.3 is 4.74 Å². The van der Waals surface area contributed by atoms with Crippen molar-refractivity contribution in [2.45, 2.75) is 18.4 Å². The Bertz CT molecular complexity index is 1310. The van der Waals surface area contributed by atoms with E-state index in [1.165, 1.54) is 29.3 Å². The Labute approximate surface area is 186 Å². The first-order valence-electron chi connectivity index (χ1n) is 9.83. The molecule has 3 aromatic carbocycles. The number of nitrogens with two attached hydrogens (primary N) is 1. The van der Waals surface area contributed by atoms with Crippen molar-refractivity contribution >= 4 is 33.4 Å². The van der Waals surface area contributed by atoms with E-state index in [0.717, 1.165) is 11.1 Å². The first-order valence-corrected chi connectivity index (χ1v) is 11.4. The molecule has 0 fully saturated rings. The van der Waals surface area contributed by atoms with Gasteiger partial charge >= 0.3 is 0 Å².